The maximum Gasteiger partial charge on any atom is 0.338 e. The SMILES string of the molecule is COC(=O)c1ccccc1CC(=O)NCCn1ncc2c(=O)n(Cc3ccc(C)cc3)cnc21. The lowest BCUT2D eigenvalue weighted by atomic mass is 10.0. The van der Waals surface area contributed by atoms with Crippen LogP contribution in [0.25, 0.3) is 11.0 Å². The summed E-state index contributed by atoms with van der Waals surface area (Å²) in [6.45, 7) is 3.09. The summed E-state index contributed by atoms with van der Waals surface area (Å²) >= 11 is 0. The van der Waals surface area contributed by atoms with Gasteiger partial charge in [-0.25, -0.2) is 14.5 Å². The van der Waals surface area contributed by atoms with Crippen LogP contribution in [0.4, 0.5) is 0 Å². The lowest BCUT2D eigenvalue weighted by molar-refractivity contribution is -0.120. The number of amides is 1. The second-order valence-electron chi connectivity index (χ2n) is 7.94. The average molecular weight is 460 g/mol. The molecule has 0 aliphatic heterocycles. The summed E-state index contributed by atoms with van der Waals surface area (Å²) in [6.07, 6.45) is 3.07. The summed E-state index contributed by atoms with van der Waals surface area (Å²) in [5, 5.41) is 7.52. The van der Waals surface area contributed by atoms with Crippen LogP contribution in [0.3, 0.4) is 0 Å². The molecule has 0 spiro atoms. The van der Waals surface area contributed by atoms with Gasteiger partial charge in [0, 0.05) is 6.54 Å². The molecule has 2 aromatic heterocycles. The van der Waals surface area contributed by atoms with Crippen molar-refractivity contribution in [3.05, 3.63) is 93.7 Å². The molecule has 9 nitrogen and oxygen atoms in total. The number of nitrogens with one attached hydrogen (secondary N) is 1. The molecule has 2 heterocycles. The van der Waals surface area contributed by atoms with E-state index in [2.05, 4.69) is 15.4 Å². The second kappa shape index (κ2) is 10.1. The van der Waals surface area contributed by atoms with E-state index in [0.717, 1.165) is 11.1 Å². The largest absolute Gasteiger partial charge is 0.465 e. The van der Waals surface area contributed by atoms with Crippen molar-refractivity contribution in [3.8, 4) is 0 Å². The first-order valence-corrected chi connectivity index (χ1v) is 10.9. The van der Waals surface area contributed by atoms with Crippen LogP contribution >= 0.6 is 0 Å². The molecular formula is C25H25N5O4. The third kappa shape index (κ3) is 5.03. The van der Waals surface area contributed by atoms with Crippen molar-refractivity contribution in [1.29, 1.82) is 0 Å². The standard InChI is InChI=1S/C25H25N5O4/c1-17-7-9-18(10-8-17)15-29-16-27-23-21(24(29)32)14-28-30(23)12-11-26-22(31)13-19-5-3-4-6-20(19)25(33)34-2/h3-10,14,16H,11-13,15H2,1-2H3,(H,26,31). The predicted molar refractivity (Wildman–Crippen MR) is 127 cm³/mol. The minimum atomic E-state index is -0.481. The van der Waals surface area contributed by atoms with Gasteiger partial charge in [-0.2, -0.15) is 5.10 Å². The van der Waals surface area contributed by atoms with Gasteiger partial charge in [0.2, 0.25) is 5.91 Å². The Morgan fingerprint density at radius 2 is 1.85 bits per heavy atom. The predicted octanol–water partition coefficient (Wildman–Crippen LogP) is 2.10. The number of methoxy groups -OCH3 is 1. The van der Waals surface area contributed by atoms with Gasteiger partial charge in [0.1, 0.15) is 11.7 Å². The molecule has 0 aliphatic rings. The molecule has 0 atom stereocenters. The zero-order valence-corrected chi connectivity index (χ0v) is 19.0. The topological polar surface area (TPSA) is 108 Å². The van der Waals surface area contributed by atoms with Crippen LogP contribution in [0.2, 0.25) is 0 Å². The lowest BCUT2D eigenvalue weighted by Crippen LogP contribution is -2.29. The molecule has 4 aromatic rings. The lowest BCUT2D eigenvalue weighted by Gasteiger charge is -2.09. The molecule has 174 valence electrons. The number of fused-ring (bicyclic) bond motifs is 1. The van der Waals surface area contributed by atoms with Crippen LogP contribution in [0.15, 0.2) is 65.8 Å². The van der Waals surface area contributed by atoms with Crippen molar-refractivity contribution in [2.45, 2.75) is 26.4 Å². The number of ether oxygens (including phenoxy) is 1. The highest BCUT2D eigenvalue weighted by Gasteiger charge is 2.14. The van der Waals surface area contributed by atoms with E-state index in [1.54, 1.807) is 33.5 Å². The summed E-state index contributed by atoms with van der Waals surface area (Å²) in [6, 6.07) is 14.8. The summed E-state index contributed by atoms with van der Waals surface area (Å²) in [7, 11) is 1.30. The highest BCUT2D eigenvalue weighted by atomic mass is 16.5. The van der Waals surface area contributed by atoms with Gasteiger partial charge in [0.15, 0.2) is 5.65 Å². The molecule has 34 heavy (non-hydrogen) atoms. The average Bonchev–Trinajstić information content (AvgIpc) is 3.26. The molecule has 0 saturated heterocycles. The third-order valence-electron chi connectivity index (χ3n) is 5.52. The Morgan fingerprint density at radius 1 is 1.09 bits per heavy atom. The molecule has 0 fully saturated rings. The highest BCUT2D eigenvalue weighted by Crippen LogP contribution is 2.11. The van der Waals surface area contributed by atoms with Crippen LogP contribution in [0, 0.1) is 6.92 Å². The second-order valence-corrected chi connectivity index (χ2v) is 7.94. The Labute approximate surface area is 196 Å². The monoisotopic (exact) mass is 459 g/mol. The summed E-state index contributed by atoms with van der Waals surface area (Å²) in [5.74, 6) is -0.716. The maximum atomic E-state index is 12.9. The van der Waals surface area contributed by atoms with Gasteiger partial charge in [-0.3, -0.25) is 14.2 Å². The molecule has 4 rings (SSSR count). The van der Waals surface area contributed by atoms with E-state index in [1.807, 2.05) is 31.2 Å². The van der Waals surface area contributed by atoms with E-state index in [4.69, 9.17) is 4.74 Å². The molecule has 0 radical (unpaired) electrons. The third-order valence-corrected chi connectivity index (χ3v) is 5.52. The zero-order valence-electron chi connectivity index (χ0n) is 19.0. The van der Waals surface area contributed by atoms with Crippen LogP contribution in [-0.2, 0) is 29.0 Å². The van der Waals surface area contributed by atoms with E-state index in [9.17, 15) is 14.4 Å². The number of benzene rings is 2. The summed E-state index contributed by atoms with van der Waals surface area (Å²) in [5.41, 5.74) is 3.43. The van der Waals surface area contributed by atoms with Crippen LogP contribution in [0.1, 0.15) is 27.0 Å². The molecule has 0 bridgehead atoms. The fraction of sp³-hybridized carbons (Fsp3) is 0.240. The van der Waals surface area contributed by atoms with Crippen molar-refractivity contribution < 1.29 is 14.3 Å². The maximum absolute atomic E-state index is 12.9. The van der Waals surface area contributed by atoms with Crippen molar-refractivity contribution in [2.24, 2.45) is 0 Å². The van der Waals surface area contributed by atoms with Crippen molar-refractivity contribution >= 4 is 22.9 Å². The number of carbonyl (C=O) groups is 2. The molecule has 1 amide bonds. The Bertz CT molecular complexity index is 1390. The highest BCUT2D eigenvalue weighted by molar-refractivity contribution is 5.93. The van der Waals surface area contributed by atoms with Gasteiger partial charge in [-0.15, -0.1) is 0 Å². The van der Waals surface area contributed by atoms with Crippen LogP contribution < -0.4 is 10.9 Å². The minimum Gasteiger partial charge on any atom is -0.465 e. The summed E-state index contributed by atoms with van der Waals surface area (Å²) in [4.78, 5) is 41.6. The number of hydrogen-bond acceptors (Lipinski definition) is 6. The Kier molecular flexibility index (Phi) is 6.82. The van der Waals surface area contributed by atoms with Crippen LogP contribution in [-0.4, -0.2) is 44.9 Å². The number of aryl methyl sites for hydroxylation is 1. The van der Waals surface area contributed by atoms with E-state index in [1.165, 1.54) is 19.6 Å². The number of esters is 1. The molecule has 0 saturated carbocycles. The smallest absolute Gasteiger partial charge is 0.338 e. The van der Waals surface area contributed by atoms with Gasteiger partial charge in [-0.1, -0.05) is 48.0 Å². The first kappa shape index (κ1) is 22.9. The number of aromatic nitrogens is 4. The fourth-order valence-electron chi connectivity index (χ4n) is 3.68. The van der Waals surface area contributed by atoms with E-state index >= 15 is 0 Å². The van der Waals surface area contributed by atoms with Crippen molar-refractivity contribution in [2.75, 3.05) is 13.7 Å². The van der Waals surface area contributed by atoms with E-state index in [-0.39, 0.29) is 17.9 Å². The molecule has 9 heteroatoms. The summed E-state index contributed by atoms with van der Waals surface area (Å²) < 4.78 is 7.92. The van der Waals surface area contributed by atoms with Gasteiger partial charge >= 0.3 is 5.97 Å². The number of hydrogen-bond donors (Lipinski definition) is 1. The Hall–Kier alpha value is -4.27. The van der Waals surface area contributed by atoms with Crippen molar-refractivity contribution in [1.82, 2.24) is 24.6 Å². The minimum absolute atomic E-state index is 0.0487. The number of nitrogens with zero attached hydrogens (tertiary/aromatic N) is 4. The molecule has 2 aromatic carbocycles. The van der Waals surface area contributed by atoms with E-state index < -0.39 is 5.97 Å². The molecule has 1 N–H and O–H groups in total. The molecular weight excluding hydrogens is 434 g/mol. The fourth-order valence-corrected chi connectivity index (χ4v) is 3.68. The zero-order chi connectivity index (χ0) is 24.1. The first-order valence-electron chi connectivity index (χ1n) is 10.9. The quantitative estimate of drug-likeness (QED) is 0.404. The van der Waals surface area contributed by atoms with Gasteiger partial charge in [0.05, 0.1) is 38.4 Å². The molecule has 0 unspecified atom stereocenters. The van der Waals surface area contributed by atoms with Crippen LogP contribution in [0.5, 0.6) is 0 Å². The molecule has 0 aliphatic carbocycles. The van der Waals surface area contributed by atoms with Gasteiger partial charge in [0.25, 0.3) is 5.56 Å². The van der Waals surface area contributed by atoms with Crippen molar-refractivity contribution in [3.63, 3.8) is 0 Å². The Balaban J connectivity index is 1.39. The van der Waals surface area contributed by atoms with Gasteiger partial charge < -0.3 is 10.1 Å². The number of rotatable bonds is 8. The Morgan fingerprint density at radius 3 is 2.62 bits per heavy atom. The normalized spacial score (nSPS) is 10.9. The first-order chi connectivity index (χ1) is 16.5. The number of carbonyl (C=O) groups excluding carboxylic acids is 2. The van der Waals surface area contributed by atoms with Gasteiger partial charge in [-0.05, 0) is 24.1 Å². The van der Waals surface area contributed by atoms with E-state index in [0.29, 0.717) is 41.8 Å².